The second kappa shape index (κ2) is 5.36. The molecule has 0 amide bonds. The number of aliphatic hydroxyl groups is 1. The van der Waals surface area contributed by atoms with Gasteiger partial charge < -0.3 is 9.52 Å². The highest BCUT2D eigenvalue weighted by molar-refractivity contribution is 5.77. The number of aryl methyl sites for hydroxylation is 1. The van der Waals surface area contributed by atoms with E-state index in [1.54, 1.807) is 6.07 Å². The Labute approximate surface area is 106 Å². The summed E-state index contributed by atoms with van der Waals surface area (Å²) in [6.07, 6.45) is 1.73. The molecule has 3 nitrogen and oxygen atoms in total. The zero-order valence-electron chi connectivity index (χ0n) is 10.8. The van der Waals surface area contributed by atoms with Crippen LogP contribution < -0.4 is 5.43 Å². The average Bonchev–Trinajstić information content (AvgIpc) is 2.38. The maximum Gasteiger partial charge on any atom is 0.192 e. The van der Waals surface area contributed by atoms with Gasteiger partial charge in [-0.25, -0.2) is 0 Å². The Kier molecular flexibility index (Phi) is 3.82. The molecule has 0 aliphatic heterocycles. The predicted molar refractivity (Wildman–Crippen MR) is 72.0 cm³/mol. The van der Waals surface area contributed by atoms with Crippen molar-refractivity contribution in [2.24, 2.45) is 0 Å². The topological polar surface area (TPSA) is 50.4 Å². The minimum atomic E-state index is -0.00769. The first-order chi connectivity index (χ1) is 8.65. The van der Waals surface area contributed by atoms with Crippen molar-refractivity contribution >= 4 is 11.0 Å². The second-order valence-corrected chi connectivity index (χ2v) is 4.67. The fraction of sp³-hybridized carbons (Fsp3) is 0.400. The number of aliphatic hydroxyl groups excluding tert-OH is 1. The molecule has 0 radical (unpaired) electrons. The van der Waals surface area contributed by atoms with Gasteiger partial charge in [-0.15, -0.1) is 0 Å². The molecule has 0 saturated carbocycles. The third-order valence-electron chi connectivity index (χ3n) is 3.14. The number of benzene rings is 1. The smallest absolute Gasteiger partial charge is 0.192 e. The standard InChI is InChI=1S/C15H18O3/c1-3-4-12-8-14(17)13-7-11(10(2)9-16)5-6-15(13)18-12/h5-8,10,16H,3-4,9H2,1-2H3. The van der Waals surface area contributed by atoms with Crippen LogP contribution in [0.4, 0.5) is 0 Å². The van der Waals surface area contributed by atoms with E-state index < -0.39 is 0 Å². The zero-order valence-corrected chi connectivity index (χ0v) is 10.8. The van der Waals surface area contributed by atoms with E-state index in [2.05, 4.69) is 6.92 Å². The van der Waals surface area contributed by atoms with Crippen LogP contribution >= 0.6 is 0 Å². The van der Waals surface area contributed by atoms with Crippen molar-refractivity contribution in [2.75, 3.05) is 6.61 Å². The Balaban J connectivity index is 2.54. The molecule has 0 fully saturated rings. The van der Waals surface area contributed by atoms with E-state index in [-0.39, 0.29) is 18.0 Å². The first kappa shape index (κ1) is 12.8. The highest BCUT2D eigenvalue weighted by Crippen LogP contribution is 2.20. The highest BCUT2D eigenvalue weighted by Gasteiger charge is 2.09. The Hall–Kier alpha value is -1.61. The molecule has 3 heteroatoms. The normalized spacial score (nSPS) is 12.8. The molecule has 1 aromatic heterocycles. The summed E-state index contributed by atoms with van der Waals surface area (Å²) in [6, 6.07) is 7.11. The Morgan fingerprint density at radius 3 is 2.78 bits per heavy atom. The molecule has 1 heterocycles. The second-order valence-electron chi connectivity index (χ2n) is 4.67. The zero-order chi connectivity index (χ0) is 13.1. The SMILES string of the molecule is CCCc1cc(=O)c2cc(C(C)CO)ccc2o1. The summed E-state index contributed by atoms with van der Waals surface area (Å²) in [6.45, 7) is 4.05. The third-order valence-corrected chi connectivity index (χ3v) is 3.14. The van der Waals surface area contributed by atoms with Crippen LogP contribution in [0.25, 0.3) is 11.0 Å². The molecule has 0 aliphatic rings. The molecule has 1 aromatic carbocycles. The third kappa shape index (κ3) is 2.46. The van der Waals surface area contributed by atoms with Crippen LogP contribution in [0.5, 0.6) is 0 Å². The van der Waals surface area contributed by atoms with Gasteiger partial charge in [0.1, 0.15) is 11.3 Å². The highest BCUT2D eigenvalue weighted by atomic mass is 16.3. The van der Waals surface area contributed by atoms with Gasteiger partial charge in [0, 0.05) is 25.0 Å². The van der Waals surface area contributed by atoms with Crippen molar-refractivity contribution in [3.8, 4) is 0 Å². The van der Waals surface area contributed by atoms with Crippen molar-refractivity contribution in [1.29, 1.82) is 0 Å². The number of hydrogen-bond acceptors (Lipinski definition) is 3. The lowest BCUT2D eigenvalue weighted by molar-refractivity contribution is 0.273. The molecule has 18 heavy (non-hydrogen) atoms. The minimum Gasteiger partial charge on any atom is -0.461 e. The molecule has 96 valence electrons. The Morgan fingerprint density at radius 2 is 2.11 bits per heavy atom. The lowest BCUT2D eigenvalue weighted by Crippen LogP contribution is -2.05. The van der Waals surface area contributed by atoms with E-state index in [1.165, 1.54) is 0 Å². The molecule has 2 rings (SSSR count). The van der Waals surface area contributed by atoms with Crippen LogP contribution in [-0.2, 0) is 6.42 Å². The number of fused-ring (bicyclic) bond motifs is 1. The van der Waals surface area contributed by atoms with Gasteiger partial charge in [0.2, 0.25) is 0 Å². The Bertz CT molecular complexity index is 598. The summed E-state index contributed by atoms with van der Waals surface area (Å²) < 4.78 is 5.69. The minimum absolute atomic E-state index is 0.00769. The fourth-order valence-electron chi connectivity index (χ4n) is 2.01. The van der Waals surface area contributed by atoms with Crippen LogP contribution in [0, 0.1) is 0 Å². The molecule has 0 spiro atoms. The quantitative estimate of drug-likeness (QED) is 0.902. The summed E-state index contributed by atoms with van der Waals surface area (Å²) in [4.78, 5) is 12.0. The molecular formula is C15H18O3. The lowest BCUT2D eigenvalue weighted by atomic mass is 10.0. The van der Waals surface area contributed by atoms with E-state index in [0.29, 0.717) is 11.0 Å². The van der Waals surface area contributed by atoms with Gasteiger partial charge >= 0.3 is 0 Å². The van der Waals surface area contributed by atoms with Crippen molar-refractivity contribution in [3.05, 3.63) is 45.8 Å². The maximum absolute atomic E-state index is 12.0. The number of rotatable bonds is 4. The molecule has 1 unspecified atom stereocenters. The van der Waals surface area contributed by atoms with E-state index in [4.69, 9.17) is 9.52 Å². The van der Waals surface area contributed by atoms with Gasteiger partial charge in [0.05, 0.1) is 5.39 Å². The van der Waals surface area contributed by atoms with Crippen LogP contribution in [0.15, 0.2) is 33.5 Å². The number of hydrogen-bond donors (Lipinski definition) is 1. The molecular weight excluding hydrogens is 228 g/mol. The van der Waals surface area contributed by atoms with E-state index >= 15 is 0 Å². The summed E-state index contributed by atoms with van der Waals surface area (Å²) in [5.74, 6) is 0.766. The van der Waals surface area contributed by atoms with Crippen molar-refractivity contribution in [1.82, 2.24) is 0 Å². The first-order valence-electron chi connectivity index (χ1n) is 6.33. The van der Waals surface area contributed by atoms with Crippen LogP contribution in [-0.4, -0.2) is 11.7 Å². The van der Waals surface area contributed by atoms with Gasteiger partial charge in [0.15, 0.2) is 5.43 Å². The fourth-order valence-corrected chi connectivity index (χ4v) is 2.01. The molecule has 0 saturated heterocycles. The molecule has 0 bridgehead atoms. The summed E-state index contributed by atoms with van der Waals surface area (Å²) in [5, 5.41) is 9.73. The van der Waals surface area contributed by atoms with Gasteiger partial charge in [-0.1, -0.05) is 19.9 Å². The predicted octanol–water partition coefficient (Wildman–Crippen LogP) is 2.84. The molecule has 2 aromatic rings. The van der Waals surface area contributed by atoms with Crippen LogP contribution in [0.3, 0.4) is 0 Å². The first-order valence-corrected chi connectivity index (χ1v) is 6.33. The molecule has 0 aliphatic carbocycles. The van der Waals surface area contributed by atoms with Crippen molar-refractivity contribution < 1.29 is 9.52 Å². The summed E-state index contributed by atoms with van der Waals surface area (Å²) >= 11 is 0. The Morgan fingerprint density at radius 1 is 1.33 bits per heavy atom. The molecule has 1 atom stereocenters. The summed E-state index contributed by atoms with van der Waals surface area (Å²) in [7, 11) is 0. The van der Waals surface area contributed by atoms with Crippen molar-refractivity contribution in [3.63, 3.8) is 0 Å². The lowest BCUT2D eigenvalue weighted by Gasteiger charge is -2.09. The maximum atomic E-state index is 12.0. The van der Waals surface area contributed by atoms with Gasteiger partial charge in [-0.05, 0) is 24.1 Å². The largest absolute Gasteiger partial charge is 0.461 e. The van der Waals surface area contributed by atoms with Gasteiger partial charge in [-0.3, -0.25) is 4.79 Å². The van der Waals surface area contributed by atoms with Crippen molar-refractivity contribution in [2.45, 2.75) is 32.6 Å². The van der Waals surface area contributed by atoms with E-state index in [9.17, 15) is 4.79 Å². The van der Waals surface area contributed by atoms with E-state index in [1.807, 2.05) is 25.1 Å². The van der Waals surface area contributed by atoms with Crippen LogP contribution in [0.2, 0.25) is 0 Å². The molecule has 1 N–H and O–H groups in total. The van der Waals surface area contributed by atoms with E-state index in [0.717, 1.165) is 24.2 Å². The summed E-state index contributed by atoms with van der Waals surface area (Å²) in [5.41, 5.74) is 1.58. The monoisotopic (exact) mass is 246 g/mol. The van der Waals surface area contributed by atoms with Gasteiger partial charge in [0.25, 0.3) is 0 Å². The van der Waals surface area contributed by atoms with Crippen LogP contribution in [0.1, 0.15) is 37.5 Å². The van der Waals surface area contributed by atoms with Gasteiger partial charge in [-0.2, -0.15) is 0 Å². The average molecular weight is 246 g/mol.